The standard InChI is InChI=1S/C18H19BrN2O3/c19-15-4-2-1-3-14(15)18(24)20-11-5-6-12(20)10-13(9-11)21-16(22)7-8-17(21)23/h1-4,11-13H,5-10H2. The number of halogens is 1. The van der Waals surface area contributed by atoms with Crippen LogP contribution in [-0.4, -0.2) is 45.6 Å². The first-order valence-corrected chi connectivity index (χ1v) is 9.27. The summed E-state index contributed by atoms with van der Waals surface area (Å²) in [5.74, 6) is -0.0440. The van der Waals surface area contributed by atoms with Gasteiger partial charge in [-0.2, -0.15) is 0 Å². The summed E-state index contributed by atoms with van der Waals surface area (Å²) in [6.45, 7) is 0. The van der Waals surface area contributed by atoms with E-state index in [1.54, 1.807) is 0 Å². The number of piperidine rings is 1. The number of rotatable bonds is 2. The normalized spacial score (nSPS) is 29.5. The van der Waals surface area contributed by atoms with Gasteiger partial charge in [0.15, 0.2) is 0 Å². The maximum absolute atomic E-state index is 13.0. The molecule has 0 aliphatic carbocycles. The lowest BCUT2D eigenvalue weighted by Crippen LogP contribution is -2.53. The number of carbonyl (C=O) groups excluding carboxylic acids is 3. The molecule has 0 radical (unpaired) electrons. The highest BCUT2D eigenvalue weighted by atomic mass is 79.9. The summed E-state index contributed by atoms with van der Waals surface area (Å²) in [6.07, 6.45) is 4.00. The molecule has 3 aliphatic heterocycles. The summed E-state index contributed by atoms with van der Waals surface area (Å²) in [5, 5.41) is 0. The third kappa shape index (κ3) is 2.48. The molecule has 0 aromatic heterocycles. The van der Waals surface area contributed by atoms with Crippen LogP contribution in [0.1, 0.15) is 48.9 Å². The van der Waals surface area contributed by atoms with Gasteiger partial charge in [0, 0.05) is 35.4 Å². The van der Waals surface area contributed by atoms with Crippen molar-refractivity contribution in [2.45, 2.75) is 56.7 Å². The summed E-state index contributed by atoms with van der Waals surface area (Å²) in [7, 11) is 0. The van der Waals surface area contributed by atoms with Crippen LogP contribution in [0.25, 0.3) is 0 Å². The minimum Gasteiger partial charge on any atom is -0.332 e. The Labute approximate surface area is 149 Å². The van der Waals surface area contributed by atoms with E-state index >= 15 is 0 Å². The number of imide groups is 1. The molecule has 2 atom stereocenters. The molecule has 3 amide bonds. The van der Waals surface area contributed by atoms with Crippen molar-refractivity contribution in [2.75, 3.05) is 0 Å². The summed E-state index contributed by atoms with van der Waals surface area (Å²) in [4.78, 5) is 40.5. The minimum absolute atomic E-state index is 0.0340. The fourth-order valence-electron chi connectivity index (χ4n) is 4.47. The van der Waals surface area contributed by atoms with Gasteiger partial charge in [-0.3, -0.25) is 19.3 Å². The van der Waals surface area contributed by atoms with Crippen molar-refractivity contribution in [2.24, 2.45) is 0 Å². The van der Waals surface area contributed by atoms with E-state index < -0.39 is 0 Å². The van der Waals surface area contributed by atoms with Crippen molar-refractivity contribution in [1.82, 2.24) is 9.80 Å². The van der Waals surface area contributed by atoms with Crippen LogP contribution in [0, 0.1) is 0 Å². The molecule has 0 spiro atoms. The quantitative estimate of drug-likeness (QED) is 0.729. The van der Waals surface area contributed by atoms with E-state index in [0.29, 0.717) is 31.2 Å². The molecule has 2 bridgehead atoms. The number of carbonyl (C=O) groups is 3. The van der Waals surface area contributed by atoms with Gasteiger partial charge in [-0.1, -0.05) is 12.1 Å². The molecule has 6 heteroatoms. The van der Waals surface area contributed by atoms with Crippen molar-refractivity contribution in [1.29, 1.82) is 0 Å². The van der Waals surface area contributed by atoms with Crippen LogP contribution in [0.4, 0.5) is 0 Å². The average molecular weight is 391 g/mol. The number of nitrogens with zero attached hydrogens (tertiary/aromatic N) is 2. The predicted molar refractivity (Wildman–Crippen MR) is 91.2 cm³/mol. The Bertz CT molecular complexity index is 690. The monoisotopic (exact) mass is 390 g/mol. The van der Waals surface area contributed by atoms with Gasteiger partial charge in [-0.05, 0) is 53.7 Å². The zero-order valence-corrected chi connectivity index (χ0v) is 14.9. The van der Waals surface area contributed by atoms with Crippen molar-refractivity contribution in [3.8, 4) is 0 Å². The smallest absolute Gasteiger partial charge is 0.255 e. The fourth-order valence-corrected chi connectivity index (χ4v) is 4.92. The summed E-state index contributed by atoms with van der Waals surface area (Å²) in [5.41, 5.74) is 0.682. The van der Waals surface area contributed by atoms with Crippen LogP contribution < -0.4 is 0 Å². The molecule has 5 nitrogen and oxygen atoms in total. The average Bonchev–Trinajstić information content (AvgIpc) is 3.03. The second kappa shape index (κ2) is 5.99. The van der Waals surface area contributed by atoms with Crippen molar-refractivity contribution >= 4 is 33.7 Å². The number of hydrogen-bond donors (Lipinski definition) is 0. The van der Waals surface area contributed by atoms with E-state index in [-0.39, 0.29) is 35.8 Å². The molecule has 3 saturated heterocycles. The van der Waals surface area contributed by atoms with Gasteiger partial charge >= 0.3 is 0 Å². The molecule has 4 rings (SSSR count). The second-order valence-electron chi connectivity index (χ2n) is 6.86. The van der Waals surface area contributed by atoms with E-state index in [1.165, 1.54) is 4.90 Å². The van der Waals surface area contributed by atoms with Gasteiger partial charge in [0.1, 0.15) is 0 Å². The van der Waals surface area contributed by atoms with Crippen LogP contribution in [0.2, 0.25) is 0 Å². The molecule has 3 aliphatic rings. The third-order valence-corrected chi connectivity index (χ3v) is 6.19. The maximum atomic E-state index is 13.0. The van der Waals surface area contributed by atoms with Gasteiger partial charge < -0.3 is 4.90 Å². The Hall–Kier alpha value is -1.69. The summed E-state index contributed by atoms with van der Waals surface area (Å²) < 4.78 is 0.807. The number of fused-ring (bicyclic) bond motifs is 2. The van der Waals surface area contributed by atoms with Gasteiger partial charge in [0.25, 0.3) is 5.91 Å². The van der Waals surface area contributed by atoms with E-state index in [2.05, 4.69) is 15.9 Å². The van der Waals surface area contributed by atoms with Crippen LogP contribution in [-0.2, 0) is 9.59 Å². The zero-order valence-electron chi connectivity index (χ0n) is 13.3. The summed E-state index contributed by atoms with van der Waals surface area (Å²) >= 11 is 3.46. The third-order valence-electron chi connectivity index (χ3n) is 5.50. The van der Waals surface area contributed by atoms with Crippen LogP contribution in [0.3, 0.4) is 0 Å². The highest BCUT2D eigenvalue weighted by Gasteiger charge is 2.48. The van der Waals surface area contributed by atoms with E-state index in [0.717, 1.165) is 17.3 Å². The first-order valence-electron chi connectivity index (χ1n) is 8.48. The Morgan fingerprint density at radius 1 is 0.958 bits per heavy atom. The molecule has 24 heavy (non-hydrogen) atoms. The Kier molecular flexibility index (Phi) is 3.95. The number of likely N-dealkylation sites (tertiary alicyclic amines) is 1. The predicted octanol–water partition coefficient (Wildman–Crippen LogP) is 2.73. The lowest BCUT2D eigenvalue weighted by atomic mass is 9.95. The van der Waals surface area contributed by atoms with Crippen molar-refractivity contribution in [3.63, 3.8) is 0 Å². The molecule has 2 unspecified atom stereocenters. The van der Waals surface area contributed by atoms with Gasteiger partial charge in [0.2, 0.25) is 11.8 Å². The Balaban J connectivity index is 1.55. The number of amides is 3. The Morgan fingerprint density at radius 2 is 1.54 bits per heavy atom. The SMILES string of the molecule is O=C1CCC(=O)N1C1CC2CCC(C1)N2C(=O)c1ccccc1Br. The zero-order chi connectivity index (χ0) is 16.8. The first-order chi connectivity index (χ1) is 11.6. The molecule has 1 aromatic carbocycles. The van der Waals surface area contributed by atoms with Crippen molar-refractivity contribution < 1.29 is 14.4 Å². The summed E-state index contributed by atoms with van der Waals surface area (Å²) in [6, 6.07) is 7.69. The fraction of sp³-hybridized carbons (Fsp3) is 0.500. The molecule has 1 aromatic rings. The van der Waals surface area contributed by atoms with E-state index in [1.807, 2.05) is 29.2 Å². The number of benzene rings is 1. The molecule has 3 heterocycles. The van der Waals surface area contributed by atoms with Crippen LogP contribution in [0.15, 0.2) is 28.7 Å². The van der Waals surface area contributed by atoms with Crippen LogP contribution >= 0.6 is 15.9 Å². The lowest BCUT2D eigenvalue weighted by molar-refractivity contribution is -0.142. The topological polar surface area (TPSA) is 57.7 Å². The Morgan fingerprint density at radius 3 is 2.12 bits per heavy atom. The molecular formula is C18H19BrN2O3. The number of hydrogen-bond acceptors (Lipinski definition) is 3. The molecule has 0 saturated carbocycles. The maximum Gasteiger partial charge on any atom is 0.255 e. The second-order valence-corrected chi connectivity index (χ2v) is 7.71. The van der Waals surface area contributed by atoms with Crippen LogP contribution in [0.5, 0.6) is 0 Å². The molecular weight excluding hydrogens is 372 g/mol. The highest BCUT2D eigenvalue weighted by molar-refractivity contribution is 9.10. The van der Waals surface area contributed by atoms with E-state index in [4.69, 9.17) is 0 Å². The highest BCUT2D eigenvalue weighted by Crippen LogP contribution is 2.40. The molecule has 3 fully saturated rings. The molecule has 0 N–H and O–H groups in total. The lowest BCUT2D eigenvalue weighted by Gasteiger charge is -2.41. The van der Waals surface area contributed by atoms with Gasteiger partial charge in [-0.25, -0.2) is 0 Å². The van der Waals surface area contributed by atoms with Crippen molar-refractivity contribution in [3.05, 3.63) is 34.3 Å². The first kappa shape index (κ1) is 15.8. The largest absolute Gasteiger partial charge is 0.332 e. The van der Waals surface area contributed by atoms with Gasteiger partial charge in [-0.15, -0.1) is 0 Å². The molecule has 126 valence electrons. The minimum atomic E-state index is -0.0463. The van der Waals surface area contributed by atoms with E-state index in [9.17, 15) is 14.4 Å². The van der Waals surface area contributed by atoms with Gasteiger partial charge in [0.05, 0.1) is 5.56 Å².